The van der Waals surface area contributed by atoms with Crippen LogP contribution in [0.3, 0.4) is 0 Å². The molecule has 6 heteroatoms. The Morgan fingerprint density at radius 3 is 2.58 bits per heavy atom. The molecule has 5 nitrogen and oxygen atoms in total. The van der Waals surface area contributed by atoms with Gasteiger partial charge in [0.25, 0.3) is 10.2 Å². The maximum absolute atomic E-state index is 12.3. The molecule has 0 aromatic carbocycles. The molecule has 1 aliphatic rings. The van der Waals surface area contributed by atoms with E-state index in [9.17, 15) is 8.42 Å². The van der Waals surface area contributed by atoms with Gasteiger partial charge in [0.15, 0.2) is 0 Å². The molecular formula is C13H29N3O2S. The fourth-order valence-corrected chi connectivity index (χ4v) is 3.87. The van der Waals surface area contributed by atoms with Crippen molar-refractivity contribution >= 4 is 10.2 Å². The van der Waals surface area contributed by atoms with Crippen LogP contribution in [0.5, 0.6) is 0 Å². The topological polar surface area (TPSA) is 61.4 Å². The predicted octanol–water partition coefficient (Wildman–Crippen LogP) is 1.19. The second-order valence-corrected chi connectivity index (χ2v) is 7.53. The Morgan fingerprint density at radius 2 is 2.00 bits per heavy atom. The van der Waals surface area contributed by atoms with E-state index in [0.717, 1.165) is 25.9 Å². The maximum Gasteiger partial charge on any atom is 0.279 e. The standard InChI is InChI=1S/C13H29N3O2S/c1-5-14-9-13-7-6-8-16(10-13)19(17,18)15-12(4)11(2)3/h11-15H,5-10H2,1-4H3. The number of rotatable bonds is 7. The summed E-state index contributed by atoms with van der Waals surface area (Å²) in [7, 11) is -3.33. The Morgan fingerprint density at radius 1 is 1.32 bits per heavy atom. The van der Waals surface area contributed by atoms with E-state index in [4.69, 9.17) is 0 Å². The summed E-state index contributed by atoms with van der Waals surface area (Å²) in [6.07, 6.45) is 2.06. The first-order valence-corrected chi connectivity index (χ1v) is 8.79. The predicted molar refractivity (Wildman–Crippen MR) is 79.2 cm³/mol. The SMILES string of the molecule is CCNCC1CCCN(S(=O)(=O)NC(C)C(C)C)C1. The summed E-state index contributed by atoms with van der Waals surface area (Å²) in [4.78, 5) is 0. The van der Waals surface area contributed by atoms with Crippen LogP contribution in [0.25, 0.3) is 0 Å². The average molecular weight is 291 g/mol. The van der Waals surface area contributed by atoms with Gasteiger partial charge in [0.05, 0.1) is 0 Å². The molecule has 114 valence electrons. The second-order valence-electron chi connectivity index (χ2n) is 5.83. The molecule has 0 radical (unpaired) electrons. The molecule has 2 atom stereocenters. The van der Waals surface area contributed by atoms with Gasteiger partial charge in [-0.2, -0.15) is 17.4 Å². The van der Waals surface area contributed by atoms with E-state index in [1.807, 2.05) is 20.8 Å². The highest BCUT2D eigenvalue weighted by molar-refractivity contribution is 7.87. The quantitative estimate of drug-likeness (QED) is 0.740. The van der Waals surface area contributed by atoms with Crippen molar-refractivity contribution in [3.8, 4) is 0 Å². The molecule has 0 aromatic rings. The first-order chi connectivity index (χ1) is 8.86. The molecule has 0 spiro atoms. The Balaban J connectivity index is 2.57. The maximum atomic E-state index is 12.3. The number of nitrogens with zero attached hydrogens (tertiary/aromatic N) is 1. The first kappa shape index (κ1) is 16.9. The van der Waals surface area contributed by atoms with Crippen LogP contribution in [0.2, 0.25) is 0 Å². The molecule has 2 unspecified atom stereocenters. The Kier molecular flexibility index (Phi) is 6.73. The third-order valence-corrected chi connectivity index (χ3v) is 5.52. The summed E-state index contributed by atoms with van der Waals surface area (Å²) in [6, 6.07) is -0.0286. The monoisotopic (exact) mass is 291 g/mol. The van der Waals surface area contributed by atoms with Gasteiger partial charge in [-0.05, 0) is 44.7 Å². The molecule has 0 aromatic heterocycles. The molecule has 1 rings (SSSR count). The lowest BCUT2D eigenvalue weighted by molar-refractivity contribution is 0.256. The molecule has 19 heavy (non-hydrogen) atoms. The van der Waals surface area contributed by atoms with Crippen LogP contribution in [0.15, 0.2) is 0 Å². The van der Waals surface area contributed by atoms with Crippen LogP contribution in [-0.4, -0.2) is 44.9 Å². The summed E-state index contributed by atoms with van der Waals surface area (Å²) in [5.41, 5.74) is 0. The molecular weight excluding hydrogens is 262 g/mol. The van der Waals surface area contributed by atoms with E-state index in [1.165, 1.54) is 0 Å². The van der Waals surface area contributed by atoms with Crippen molar-refractivity contribution in [2.24, 2.45) is 11.8 Å². The third-order valence-electron chi connectivity index (χ3n) is 3.84. The average Bonchev–Trinajstić information content (AvgIpc) is 2.36. The largest absolute Gasteiger partial charge is 0.317 e. The van der Waals surface area contributed by atoms with Crippen LogP contribution < -0.4 is 10.0 Å². The van der Waals surface area contributed by atoms with Gasteiger partial charge in [-0.25, -0.2) is 0 Å². The van der Waals surface area contributed by atoms with Crippen molar-refractivity contribution in [2.45, 2.75) is 46.6 Å². The van der Waals surface area contributed by atoms with Gasteiger partial charge in [-0.15, -0.1) is 0 Å². The lowest BCUT2D eigenvalue weighted by Crippen LogP contribution is -2.50. The number of nitrogens with one attached hydrogen (secondary N) is 2. The minimum Gasteiger partial charge on any atom is -0.317 e. The van der Waals surface area contributed by atoms with Crippen molar-refractivity contribution in [1.29, 1.82) is 0 Å². The van der Waals surface area contributed by atoms with Crippen molar-refractivity contribution in [1.82, 2.24) is 14.3 Å². The van der Waals surface area contributed by atoms with Crippen molar-refractivity contribution in [3.63, 3.8) is 0 Å². The smallest absolute Gasteiger partial charge is 0.279 e. The third kappa shape index (κ3) is 5.38. The molecule has 0 saturated carbocycles. The van der Waals surface area contributed by atoms with Gasteiger partial charge in [-0.3, -0.25) is 0 Å². The highest BCUT2D eigenvalue weighted by Crippen LogP contribution is 2.18. The summed E-state index contributed by atoms with van der Waals surface area (Å²) in [5.74, 6) is 0.733. The van der Waals surface area contributed by atoms with Gasteiger partial charge in [0, 0.05) is 19.1 Å². The van der Waals surface area contributed by atoms with E-state index in [1.54, 1.807) is 4.31 Å². The molecule has 1 heterocycles. The molecule has 1 fully saturated rings. The fourth-order valence-electron chi connectivity index (χ4n) is 2.21. The summed E-state index contributed by atoms with van der Waals surface area (Å²) < 4.78 is 29.0. The van der Waals surface area contributed by atoms with Crippen molar-refractivity contribution in [3.05, 3.63) is 0 Å². The molecule has 0 bridgehead atoms. The molecule has 2 N–H and O–H groups in total. The normalized spacial score (nSPS) is 23.7. The number of hydrogen-bond donors (Lipinski definition) is 2. The fraction of sp³-hybridized carbons (Fsp3) is 1.00. The van der Waals surface area contributed by atoms with Gasteiger partial charge < -0.3 is 5.32 Å². The van der Waals surface area contributed by atoms with E-state index in [2.05, 4.69) is 17.0 Å². The minimum atomic E-state index is -3.33. The van der Waals surface area contributed by atoms with Crippen LogP contribution in [0, 0.1) is 11.8 Å². The molecule has 1 aliphatic heterocycles. The van der Waals surface area contributed by atoms with Gasteiger partial charge >= 0.3 is 0 Å². The van der Waals surface area contributed by atoms with E-state index in [-0.39, 0.29) is 6.04 Å². The zero-order valence-corrected chi connectivity index (χ0v) is 13.5. The highest BCUT2D eigenvalue weighted by atomic mass is 32.2. The van der Waals surface area contributed by atoms with E-state index < -0.39 is 10.2 Å². The van der Waals surface area contributed by atoms with E-state index in [0.29, 0.717) is 24.9 Å². The second kappa shape index (κ2) is 7.57. The zero-order chi connectivity index (χ0) is 14.5. The lowest BCUT2D eigenvalue weighted by Gasteiger charge is -2.33. The summed E-state index contributed by atoms with van der Waals surface area (Å²) >= 11 is 0. The van der Waals surface area contributed by atoms with Gasteiger partial charge in [0.1, 0.15) is 0 Å². The van der Waals surface area contributed by atoms with E-state index >= 15 is 0 Å². The van der Waals surface area contributed by atoms with Crippen LogP contribution in [0.1, 0.15) is 40.5 Å². The van der Waals surface area contributed by atoms with Crippen molar-refractivity contribution in [2.75, 3.05) is 26.2 Å². The first-order valence-electron chi connectivity index (χ1n) is 7.35. The van der Waals surface area contributed by atoms with Gasteiger partial charge in [-0.1, -0.05) is 20.8 Å². The summed E-state index contributed by atoms with van der Waals surface area (Å²) in [6.45, 7) is 11.2. The lowest BCUT2D eigenvalue weighted by atomic mass is 10.00. The zero-order valence-electron chi connectivity index (χ0n) is 12.6. The van der Waals surface area contributed by atoms with Crippen LogP contribution in [0.4, 0.5) is 0 Å². The number of piperidine rings is 1. The molecule has 1 saturated heterocycles. The van der Waals surface area contributed by atoms with Gasteiger partial charge in [0.2, 0.25) is 0 Å². The van der Waals surface area contributed by atoms with Crippen LogP contribution >= 0.6 is 0 Å². The molecule has 0 aliphatic carbocycles. The Hall–Kier alpha value is -0.170. The van der Waals surface area contributed by atoms with Crippen LogP contribution in [-0.2, 0) is 10.2 Å². The molecule has 0 amide bonds. The summed E-state index contributed by atoms with van der Waals surface area (Å²) in [5, 5.41) is 3.31. The highest BCUT2D eigenvalue weighted by Gasteiger charge is 2.29. The Bertz CT molecular complexity index is 357. The minimum absolute atomic E-state index is 0.0286. The Labute approximate surface area is 118 Å². The van der Waals surface area contributed by atoms with Crippen molar-refractivity contribution < 1.29 is 8.42 Å². The number of hydrogen-bond acceptors (Lipinski definition) is 3.